The highest BCUT2D eigenvalue weighted by Crippen LogP contribution is 2.35. The van der Waals surface area contributed by atoms with Crippen molar-refractivity contribution in [1.82, 2.24) is 9.97 Å². The van der Waals surface area contributed by atoms with E-state index in [-0.39, 0.29) is 18.1 Å². The number of fused-ring (bicyclic) bond motifs is 1. The van der Waals surface area contributed by atoms with Gasteiger partial charge in [-0.25, -0.2) is 14.4 Å². The van der Waals surface area contributed by atoms with Crippen molar-refractivity contribution in [2.24, 2.45) is 0 Å². The number of ether oxygens (including phenoxy) is 2. The zero-order chi connectivity index (χ0) is 21.2. The molecule has 0 unspecified atom stereocenters. The lowest BCUT2D eigenvalue weighted by Gasteiger charge is -2.18. The van der Waals surface area contributed by atoms with E-state index < -0.39 is 0 Å². The second kappa shape index (κ2) is 8.44. The Labute approximate surface area is 185 Å². The minimum atomic E-state index is -0.293. The number of nitrogens with one attached hydrogen (secondary N) is 1. The van der Waals surface area contributed by atoms with Crippen molar-refractivity contribution in [3.05, 3.63) is 64.7 Å². The Morgan fingerprint density at radius 1 is 0.968 bits per heavy atom. The molecular weight excluding hydrogens is 437 g/mol. The maximum atomic E-state index is 13.1. The van der Waals surface area contributed by atoms with Crippen LogP contribution in [0.4, 0.5) is 9.52 Å². The van der Waals surface area contributed by atoms with Gasteiger partial charge in [0.2, 0.25) is 5.91 Å². The molecule has 1 aliphatic heterocycles. The standard InChI is InChI=1S/C22H16FN3O3S2/c23-15-4-1-13(2-5-15)21-24-16(11-30-21)10-20(27)26-22-25-17(12-31-22)14-3-6-18-19(9-14)29-8-7-28-18/h1-6,9,11-12H,7-8,10H2,(H,25,26,27). The monoisotopic (exact) mass is 453 g/mol. The molecule has 2 aromatic heterocycles. The summed E-state index contributed by atoms with van der Waals surface area (Å²) in [7, 11) is 0. The first-order valence-electron chi connectivity index (χ1n) is 9.50. The van der Waals surface area contributed by atoms with Gasteiger partial charge in [0.15, 0.2) is 16.6 Å². The van der Waals surface area contributed by atoms with Gasteiger partial charge in [-0.2, -0.15) is 0 Å². The van der Waals surface area contributed by atoms with E-state index in [9.17, 15) is 9.18 Å². The van der Waals surface area contributed by atoms with E-state index in [1.54, 1.807) is 12.1 Å². The van der Waals surface area contributed by atoms with Crippen LogP contribution in [0.15, 0.2) is 53.2 Å². The lowest BCUT2D eigenvalue weighted by molar-refractivity contribution is -0.115. The summed E-state index contributed by atoms with van der Waals surface area (Å²) in [6.45, 7) is 1.07. The molecule has 0 bridgehead atoms. The number of benzene rings is 2. The molecule has 0 spiro atoms. The third-order valence-corrected chi connectivity index (χ3v) is 6.27. The molecule has 31 heavy (non-hydrogen) atoms. The summed E-state index contributed by atoms with van der Waals surface area (Å²) in [6.07, 6.45) is 0.136. The van der Waals surface area contributed by atoms with Crippen molar-refractivity contribution in [1.29, 1.82) is 0 Å². The molecule has 0 fully saturated rings. The Kier molecular flexibility index (Phi) is 5.35. The number of thiazole rings is 2. The fraction of sp³-hybridized carbons (Fsp3) is 0.136. The number of anilines is 1. The van der Waals surface area contributed by atoms with Crippen LogP contribution in [-0.4, -0.2) is 29.1 Å². The Balaban J connectivity index is 1.24. The van der Waals surface area contributed by atoms with E-state index in [4.69, 9.17) is 9.47 Å². The van der Waals surface area contributed by atoms with Gasteiger partial charge in [0.1, 0.15) is 24.0 Å². The summed E-state index contributed by atoms with van der Waals surface area (Å²) in [5.41, 5.74) is 3.13. The van der Waals surface area contributed by atoms with Gasteiger partial charge in [-0.3, -0.25) is 4.79 Å². The van der Waals surface area contributed by atoms with Crippen LogP contribution >= 0.6 is 22.7 Å². The smallest absolute Gasteiger partial charge is 0.232 e. The van der Waals surface area contributed by atoms with Crippen molar-refractivity contribution in [2.45, 2.75) is 6.42 Å². The molecule has 2 aromatic carbocycles. The number of hydrogen-bond acceptors (Lipinski definition) is 7. The SMILES string of the molecule is O=C(Cc1csc(-c2ccc(F)cc2)n1)Nc1nc(-c2ccc3c(c2)OCCO3)cs1. The van der Waals surface area contributed by atoms with Gasteiger partial charge in [-0.15, -0.1) is 22.7 Å². The van der Waals surface area contributed by atoms with Gasteiger partial charge < -0.3 is 14.8 Å². The first-order chi connectivity index (χ1) is 15.1. The van der Waals surface area contributed by atoms with E-state index in [2.05, 4.69) is 15.3 Å². The topological polar surface area (TPSA) is 73.3 Å². The van der Waals surface area contributed by atoms with Crippen molar-refractivity contribution >= 4 is 33.7 Å². The molecule has 9 heteroatoms. The van der Waals surface area contributed by atoms with Gasteiger partial charge in [0.25, 0.3) is 0 Å². The quantitative estimate of drug-likeness (QED) is 0.459. The van der Waals surface area contributed by atoms with Gasteiger partial charge in [0, 0.05) is 21.9 Å². The normalized spacial score (nSPS) is 12.5. The highest BCUT2D eigenvalue weighted by Gasteiger charge is 2.15. The summed E-state index contributed by atoms with van der Waals surface area (Å²) in [5.74, 6) is 0.933. The Morgan fingerprint density at radius 2 is 1.74 bits per heavy atom. The molecule has 6 nitrogen and oxygen atoms in total. The molecule has 0 aliphatic carbocycles. The average molecular weight is 454 g/mol. The molecule has 0 radical (unpaired) electrons. The molecule has 0 atom stereocenters. The number of carbonyl (C=O) groups is 1. The molecule has 3 heterocycles. The predicted molar refractivity (Wildman–Crippen MR) is 118 cm³/mol. The lowest BCUT2D eigenvalue weighted by Crippen LogP contribution is -2.15. The van der Waals surface area contributed by atoms with Crippen molar-refractivity contribution in [3.8, 4) is 33.3 Å². The summed E-state index contributed by atoms with van der Waals surface area (Å²) in [5, 5.41) is 7.81. The van der Waals surface area contributed by atoms with Crippen LogP contribution in [0.1, 0.15) is 5.69 Å². The molecule has 1 aliphatic rings. The number of nitrogens with zero attached hydrogens (tertiary/aromatic N) is 2. The third kappa shape index (κ3) is 4.42. The average Bonchev–Trinajstić information content (AvgIpc) is 3.44. The highest BCUT2D eigenvalue weighted by molar-refractivity contribution is 7.14. The molecule has 4 aromatic rings. The highest BCUT2D eigenvalue weighted by atomic mass is 32.1. The number of aromatic nitrogens is 2. The Morgan fingerprint density at radius 3 is 2.58 bits per heavy atom. The Bertz CT molecular complexity index is 1240. The van der Waals surface area contributed by atoms with Crippen LogP contribution in [0.5, 0.6) is 11.5 Å². The van der Waals surface area contributed by atoms with Crippen LogP contribution in [0, 0.1) is 5.82 Å². The number of hydrogen-bond donors (Lipinski definition) is 1. The van der Waals surface area contributed by atoms with E-state index in [1.807, 2.05) is 29.0 Å². The molecule has 5 rings (SSSR count). The van der Waals surface area contributed by atoms with Crippen molar-refractivity contribution in [2.75, 3.05) is 18.5 Å². The first kappa shape index (κ1) is 19.7. The molecular formula is C22H16FN3O3S2. The second-order valence-electron chi connectivity index (χ2n) is 6.77. The summed E-state index contributed by atoms with van der Waals surface area (Å²) >= 11 is 2.78. The van der Waals surface area contributed by atoms with Gasteiger partial charge in [-0.05, 0) is 42.5 Å². The minimum Gasteiger partial charge on any atom is -0.486 e. The van der Waals surface area contributed by atoms with Crippen molar-refractivity contribution in [3.63, 3.8) is 0 Å². The molecule has 156 valence electrons. The van der Waals surface area contributed by atoms with Crippen LogP contribution in [-0.2, 0) is 11.2 Å². The summed E-state index contributed by atoms with van der Waals surface area (Å²) < 4.78 is 24.2. The van der Waals surface area contributed by atoms with E-state index in [1.165, 1.54) is 34.8 Å². The van der Waals surface area contributed by atoms with Crippen LogP contribution in [0.25, 0.3) is 21.8 Å². The van der Waals surface area contributed by atoms with Crippen LogP contribution in [0.3, 0.4) is 0 Å². The first-order valence-corrected chi connectivity index (χ1v) is 11.3. The predicted octanol–water partition coefficient (Wildman–Crippen LogP) is 5.03. The Hall–Kier alpha value is -3.30. The number of amides is 1. The summed E-state index contributed by atoms with van der Waals surface area (Å²) in [4.78, 5) is 21.4. The number of carbonyl (C=O) groups excluding carboxylic acids is 1. The van der Waals surface area contributed by atoms with Gasteiger partial charge in [-0.1, -0.05) is 0 Å². The third-order valence-electron chi connectivity index (χ3n) is 4.57. The zero-order valence-electron chi connectivity index (χ0n) is 16.1. The maximum Gasteiger partial charge on any atom is 0.232 e. The maximum absolute atomic E-state index is 13.1. The lowest BCUT2D eigenvalue weighted by atomic mass is 10.1. The fourth-order valence-corrected chi connectivity index (χ4v) is 4.67. The van der Waals surface area contributed by atoms with E-state index in [0.717, 1.165) is 27.6 Å². The fourth-order valence-electron chi connectivity index (χ4n) is 3.11. The zero-order valence-corrected chi connectivity index (χ0v) is 17.8. The summed E-state index contributed by atoms with van der Waals surface area (Å²) in [6, 6.07) is 11.8. The van der Waals surface area contributed by atoms with Gasteiger partial charge >= 0.3 is 0 Å². The minimum absolute atomic E-state index is 0.136. The molecule has 0 saturated carbocycles. The molecule has 0 saturated heterocycles. The number of halogens is 1. The molecule has 1 N–H and O–H groups in total. The van der Waals surface area contributed by atoms with Crippen LogP contribution < -0.4 is 14.8 Å². The number of rotatable bonds is 5. The van der Waals surface area contributed by atoms with Crippen LogP contribution in [0.2, 0.25) is 0 Å². The van der Waals surface area contributed by atoms with E-state index >= 15 is 0 Å². The largest absolute Gasteiger partial charge is 0.486 e. The second-order valence-corrected chi connectivity index (χ2v) is 8.49. The van der Waals surface area contributed by atoms with Gasteiger partial charge in [0.05, 0.1) is 17.8 Å². The molecule has 1 amide bonds. The van der Waals surface area contributed by atoms with E-state index in [0.29, 0.717) is 29.8 Å². The van der Waals surface area contributed by atoms with Crippen molar-refractivity contribution < 1.29 is 18.7 Å².